The molecule has 0 saturated heterocycles. The van der Waals surface area contributed by atoms with Crippen molar-refractivity contribution in [3.05, 3.63) is 71.3 Å². The van der Waals surface area contributed by atoms with Crippen LogP contribution in [0.4, 0.5) is 0 Å². The standard InChI is InChI=1S/C14H19NO.C9H12/c1-10(2)13-5-3-4-11(8-13)9-15-14(16)12-6-7-12;1-8(2)9-6-4-3-5-7-9/h3-5,8,10,12H,6-7,9H2,1-2H3,(H,15,16);3-8H,1-2H3. The Morgan fingerprint density at radius 2 is 1.52 bits per heavy atom. The molecular formula is C23H31NO. The van der Waals surface area contributed by atoms with E-state index in [1.54, 1.807) is 0 Å². The Morgan fingerprint density at radius 3 is 2.04 bits per heavy atom. The number of nitrogens with one attached hydrogen (secondary N) is 1. The van der Waals surface area contributed by atoms with E-state index in [4.69, 9.17) is 0 Å². The lowest BCUT2D eigenvalue weighted by Gasteiger charge is -2.09. The van der Waals surface area contributed by atoms with Gasteiger partial charge in [0.2, 0.25) is 5.91 Å². The van der Waals surface area contributed by atoms with Crippen molar-refractivity contribution in [2.24, 2.45) is 5.92 Å². The van der Waals surface area contributed by atoms with E-state index in [2.05, 4.69) is 81.5 Å². The fourth-order valence-electron chi connectivity index (χ4n) is 2.58. The normalized spacial score (nSPS) is 13.4. The lowest BCUT2D eigenvalue weighted by molar-refractivity contribution is -0.122. The second kappa shape index (κ2) is 9.41. The van der Waals surface area contributed by atoms with Gasteiger partial charge in [-0.3, -0.25) is 4.79 Å². The minimum Gasteiger partial charge on any atom is -0.352 e. The number of hydrogen-bond acceptors (Lipinski definition) is 1. The SMILES string of the molecule is CC(C)c1cccc(CNC(=O)C2CC2)c1.CC(C)c1ccccc1. The zero-order chi connectivity index (χ0) is 18.2. The van der Waals surface area contributed by atoms with Gasteiger partial charge in [-0.25, -0.2) is 0 Å². The number of benzene rings is 2. The molecule has 0 spiro atoms. The predicted octanol–water partition coefficient (Wildman–Crippen LogP) is 5.65. The van der Waals surface area contributed by atoms with E-state index in [0.717, 1.165) is 12.8 Å². The van der Waals surface area contributed by atoms with Gasteiger partial charge in [0, 0.05) is 12.5 Å². The Labute approximate surface area is 152 Å². The highest BCUT2D eigenvalue weighted by Crippen LogP contribution is 2.28. The van der Waals surface area contributed by atoms with E-state index in [0.29, 0.717) is 24.3 Å². The molecule has 0 radical (unpaired) electrons. The molecule has 134 valence electrons. The van der Waals surface area contributed by atoms with Crippen LogP contribution in [0.3, 0.4) is 0 Å². The number of hydrogen-bond donors (Lipinski definition) is 1. The topological polar surface area (TPSA) is 29.1 Å². The van der Waals surface area contributed by atoms with E-state index < -0.39 is 0 Å². The van der Waals surface area contributed by atoms with Crippen LogP contribution >= 0.6 is 0 Å². The second-order valence-corrected chi connectivity index (χ2v) is 7.46. The minimum atomic E-state index is 0.218. The van der Waals surface area contributed by atoms with Crippen LogP contribution in [-0.2, 0) is 11.3 Å². The van der Waals surface area contributed by atoms with Gasteiger partial charge >= 0.3 is 0 Å². The van der Waals surface area contributed by atoms with Crippen molar-refractivity contribution < 1.29 is 4.79 Å². The fourth-order valence-corrected chi connectivity index (χ4v) is 2.58. The van der Waals surface area contributed by atoms with Crippen molar-refractivity contribution >= 4 is 5.91 Å². The third kappa shape index (κ3) is 6.74. The zero-order valence-corrected chi connectivity index (χ0v) is 16.0. The number of carbonyl (C=O) groups is 1. The molecule has 0 aromatic heterocycles. The fraction of sp³-hybridized carbons (Fsp3) is 0.435. The van der Waals surface area contributed by atoms with Crippen LogP contribution in [0.25, 0.3) is 0 Å². The predicted molar refractivity (Wildman–Crippen MR) is 106 cm³/mol. The molecule has 1 aliphatic carbocycles. The Bertz CT molecular complexity index is 657. The van der Waals surface area contributed by atoms with Crippen molar-refractivity contribution in [2.75, 3.05) is 0 Å². The summed E-state index contributed by atoms with van der Waals surface area (Å²) in [6.45, 7) is 9.43. The number of amides is 1. The molecular weight excluding hydrogens is 306 g/mol. The van der Waals surface area contributed by atoms with Crippen molar-refractivity contribution in [1.29, 1.82) is 0 Å². The van der Waals surface area contributed by atoms with E-state index in [1.807, 2.05) is 6.07 Å². The summed E-state index contributed by atoms with van der Waals surface area (Å²) in [6.07, 6.45) is 2.13. The van der Waals surface area contributed by atoms with Crippen LogP contribution in [0.2, 0.25) is 0 Å². The molecule has 1 amide bonds. The van der Waals surface area contributed by atoms with Crippen molar-refractivity contribution in [1.82, 2.24) is 5.32 Å². The Balaban J connectivity index is 0.000000212. The molecule has 1 saturated carbocycles. The number of rotatable bonds is 5. The quantitative estimate of drug-likeness (QED) is 0.751. The highest BCUT2D eigenvalue weighted by atomic mass is 16.2. The second-order valence-electron chi connectivity index (χ2n) is 7.46. The maximum absolute atomic E-state index is 11.5. The Kier molecular flexibility index (Phi) is 7.24. The summed E-state index contributed by atoms with van der Waals surface area (Å²) in [7, 11) is 0. The monoisotopic (exact) mass is 337 g/mol. The van der Waals surface area contributed by atoms with Gasteiger partial charge in [-0.15, -0.1) is 0 Å². The molecule has 3 rings (SSSR count). The average molecular weight is 338 g/mol. The van der Waals surface area contributed by atoms with Crippen molar-refractivity contribution in [2.45, 2.75) is 58.9 Å². The molecule has 1 aliphatic rings. The maximum Gasteiger partial charge on any atom is 0.223 e. The van der Waals surface area contributed by atoms with E-state index in [1.165, 1.54) is 16.7 Å². The molecule has 0 bridgehead atoms. The van der Waals surface area contributed by atoms with Gasteiger partial charge in [0.1, 0.15) is 0 Å². The summed E-state index contributed by atoms with van der Waals surface area (Å²) < 4.78 is 0. The number of carbonyl (C=O) groups excluding carboxylic acids is 1. The molecule has 0 atom stereocenters. The lowest BCUT2D eigenvalue weighted by Crippen LogP contribution is -2.24. The van der Waals surface area contributed by atoms with Crippen LogP contribution < -0.4 is 5.32 Å². The largest absolute Gasteiger partial charge is 0.352 e. The van der Waals surface area contributed by atoms with Gasteiger partial charge < -0.3 is 5.32 Å². The molecule has 1 N–H and O–H groups in total. The van der Waals surface area contributed by atoms with Gasteiger partial charge in [-0.1, -0.05) is 82.3 Å². The first-order valence-electron chi connectivity index (χ1n) is 9.39. The summed E-state index contributed by atoms with van der Waals surface area (Å²) in [6, 6.07) is 19.0. The third-order valence-corrected chi connectivity index (χ3v) is 4.50. The molecule has 2 nitrogen and oxygen atoms in total. The first-order chi connectivity index (χ1) is 12.0. The van der Waals surface area contributed by atoms with Crippen LogP contribution in [0.1, 0.15) is 69.1 Å². The van der Waals surface area contributed by atoms with Crippen LogP contribution in [0, 0.1) is 5.92 Å². The van der Waals surface area contributed by atoms with Crippen molar-refractivity contribution in [3.8, 4) is 0 Å². The molecule has 2 aromatic carbocycles. The lowest BCUT2D eigenvalue weighted by atomic mass is 10.0. The van der Waals surface area contributed by atoms with Gasteiger partial charge in [-0.2, -0.15) is 0 Å². The highest BCUT2D eigenvalue weighted by molar-refractivity contribution is 5.80. The molecule has 0 unspecified atom stereocenters. The summed E-state index contributed by atoms with van der Waals surface area (Å²) in [5.41, 5.74) is 3.94. The zero-order valence-electron chi connectivity index (χ0n) is 16.0. The summed E-state index contributed by atoms with van der Waals surface area (Å²) in [5, 5.41) is 2.99. The Morgan fingerprint density at radius 1 is 0.920 bits per heavy atom. The van der Waals surface area contributed by atoms with Gasteiger partial charge in [0.15, 0.2) is 0 Å². The molecule has 2 heteroatoms. The molecule has 0 heterocycles. The van der Waals surface area contributed by atoms with Crippen molar-refractivity contribution in [3.63, 3.8) is 0 Å². The van der Waals surface area contributed by atoms with E-state index in [-0.39, 0.29) is 5.91 Å². The van der Waals surface area contributed by atoms with E-state index >= 15 is 0 Å². The molecule has 1 fully saturated rings. The first-order valence-corrected chi connectivity index (χ1v) is 9.39. The highest BCUT2D eigenvalue weighted by Gasteiger charge is 2.29. The minimum absolute atomic E-state index is 0.218. The van der Waals surface area contributed by atoms with Gasteiger partial charge in [0.05, 0.1) is 0 Å². The summed E-state index contributed by atoms with van der Waals surface area (Å²) >= 11 is 0. The van der Waals surface area contributed by atoms with E-state index in [9.17, 15) is 4.79 Å². The smallest absolute Gasteiger partial charge is 0.223 e. The van der Waals surface area contributed by atoms with Gasteiger partial charge in [0.25, 0.3) is 0 Å². The maximum atomic E-state index is 11.5. The molecule has 2 aromatic rings. The van der Waals surface area contributed by atoms with Gasteiger partial charge in [-0.05, 0) is 41.4 Å². The van der Waals surface area contributed by atoms with Crippen LogP contribution in [-0.4, -0.2) is 5.91 Å². The summed E-state index contributed by atoms with van der Waals surface area (Å²) in [4.78, 5) is 11.5. The molecule has 0 aliphatic heterocycles. The average Bonchev–Trinajstić information content (AvgIpc) is 3.46. The Hall–Kier alpha value is -2.09. The first kappa shape index (κ1) is 19.2. The molecule has 25 heavy (non-hydrogen) atoms. The van der Waals surface area contributed by atoms with Crippen LogP contribution in [0.5, 0.6) is 0 Å². The third-order valence-electron chi connectivity index (χ3n) is 4.50. The summed E-state index contributed by atoms with van der Waals surface area (Å²) in [5.74, 6) is 1.72. The van der Waals surface area contributed by atoms with Crippen LogP contribution in [0.15, 0.2) is 54.6 Å².